The molecule has 0 heterocycles. The Morgan fingerprint density at radius 1 is 1.58 bits per heavy atom. The van der Waals surface area contributed by atoms with Crippen molar-refractivity contribution < 1.29 is 4.79 Å². The first-order chi connectivity index (χ1) is 5.74. The molecule has 70 valence electrons. The van der Waals surface area contributed by atoms with Gasteiger partial charge in [0.2, 0.25) is 5.91 Å². The normalized spacial score (nSPS) is 20.8. The van der Waals surface area contributed by atoms with E-state index in [1.807, 2.05) is 6.92 Å². The first-order valence-electron chi connectivity index (χ1n) is 4.74. The summed E-state index contributed by atoms with van der Waals surface area (Å²) in [5.74, 6) is 0.462. The Morgan fingerprint density at radius 3 is 2.67 bits per heavy atom. The predicted molar refractivity (Wildman–Crippen MR) is 48.6 cm³/mol. The highest BCUT2D eigenvalue weighted by Crippen LogP contribution is 2.24. The molecule has 0 bridgehead atoms. The second kappa shape index (κ2) is 4.45. The highest BCUT2D eigenvalue weighted by molar-refractivity contribution is 5.79. The fourth-order valence-corrected chi connectivity index (χ4v) is 1.61. The second-order valence-electron chi connectivity index (χ2n) is 3.63. The summed E-state index contributed by atoms with van der Waals surface area (Å²) in [6, 6.07) is 0.123. The van der Waals surface area contributed by atoms with Gasteiger partial charge >= 0.3 is 0 Å². The molecule has 1 rings (SSSR count). The van der Waals surface area contributed by atoms with Crippen LogP contribution in [0.2, 0.25) is 0 Å². The Kier molecular flexibility index (Phi) is 3.53. The zero-order valence-corrected chi connectivity index (χ0v) is 7.68. The van der Waals surface area contributed by atoms with Gasteiger partial charge in [-0.05, 0) is 19.8 Å². The zero-order chi connectivity index (χ0) is 8.97. The summed E-state index contributed by atoms with van der Waals surface area (Å²) in [4.78, 5) is 11.4. The monoisotopic (exact) mass is 170 g/mol. The molecule has 0 unspecified atom stereocenters. The van der Waals surface area contributed by atoms with Crippen LogP contribution in [0.5, 0.6) is 0 Å². The average Bonchev–Trinajstić information content (AvgIpc) is 2.56. The van der Waals surface area contributed by atoms with Gasteiger partial charge in [-0.15, -0.1) is 0 Å². The SMILES string of the molecule is C[C@H](CN)NC(=O)C1CCCC1. The highest BCUT2D eigenvalue weighted by atomic mass is 16.1. The number of hydrogen-bond acceptors (Lipinski definition) is 2. The molecule has 1 aliphatic rings. The minimum atomic E-state index is 0.123. The Bertz CT molecular complexity index is 153. The lowest BCUT2D eigenvalue weighted by Crippen LogP contribution is -2.40. The average molecular weight is 170 g/mol. The first-order valence-corrected chi connectivity index (χ1v) is 4.74. The lowest BCUT2D eigenvalue weighted by atomic mass is 10.1. The molecule has 12 heavy (non-hydrogen) atoms. The third-order valence-corrected chi connectivity index (χ3v) is 2.47. The van der Waals surface area contributed by atoms with Crippen LogP contribution in [0.3, 0.4) is 0 Å². The van der Waals surface area contributed by atoms with E-state index in [2.05, 4.69) is 5.32 Å². The molecule has 0 aromatic heterocycles. The minimum absolute atomic E-state index is 0.123. The maximum Gasteiger partial charge on any atom is 0.223 e. The van der Waals surface area contributed by atoms with E-state index in [4.69, 9.17) is 5.73 Å². The first kappa shape index (κ1) is 9.52. The molecule has 0 radical (unpaired) electrons. The quantitative estimate of drug-likeness (QED) is 0.653. The third-order valence-electron chi connectivity index (χ3n) is 2.47. The Hall–Kier alpha value is -0.570. The van der Waals surface area contributed by atoms with Gasteiger partial charge in [0.15, 0.2) is 0 Å². The summed E-state index contributed by atoms with van der Waals surface area (Å²) < 4.78 is 0. The maximum absolute atomic E-state index is 11.4. The molecule has 0 aromatic rings. The lowest BCUT2D eigenvalue weighted by Gasteiger charge is -2.14. The van der Waals surface area contributed by atoms with Crippen molar-refractivity contribution in [1.82, 2.24) is 5.32 Å². The summed E-state index contributed by atoms with van der Waals surface area (Å²) in [5.41, 5.74) is 5.40. The van der Waals surface area contributed by atoms with Gasteiger partial charge < -0.3 is 11.1 Å². The molecule has 0 saturated heterocycles. The molecule has 1 saturated carbocycles. The van der Waals surface area contributed by atoms with Gasteiger partial charge in [-0.1, -0.05) is 12.8 Å². The molecule has 1 amide bonds. The van der Waals surface area contributed by atoms with Gasteiger partial charge in [-0.25, -0.2) is 0 Å². The van der Waals surface area contributed by atoms with Crippen LogP contribution in [0.4, 0.5) is 0 Å². The number of carbonyl (C=O) groups is 1. The van der Waals surface area contributed by atoms with Crippen molar-refractivity contribution in [2.45, 2.75) is 38.6 Å². The van der Waals surface area contributed by atoms with E-state index in [0.717, 1.165) is 12.8 Å². The van der Waals surface area contributed by atoms with Crippen molar-refractivity contribution in [2.75, 3.05) is 6.54 Å². The van der Waals surface area contributed by atoms with Crippen LogP contribution in [-0.4, -0.2) is 18.5 Å². The van der Waals surface area contributed by atoms with E-state index >= 15 is 0 Å². The van der Waals surface area contributed by atoms with Crippen molar-refractivity contribution in [3.63, 3.8) is 0 Å². The van der Waals surface area contributed by atoms with Crippen LogP contribution in [0, 0.1) is 5.92 Å². The topological polar surface area (TPSA) is 55.1 Å². The van der Waals surface area contributed by atoms with Gasteiger partial charge in [0.25, 0.3) is 0 Å². The van der Waals surface area contributed by atoms with Crippen LogP contribution in [0.25, 0.3) is 0 Å². The molecular formula is C9H18N2O. The van der Waals surface area contributed by atoms with E-state index in [-0.39, 0.29) is 17.9 Å². The van der Waals surface area contributed by atoms with E-state index < -0.39 is 0 Å². The fraction of sp³-hybridized carbons (Fsp3) is 0.889. The molecule has 0 aliphatic heterocycles. The smallest absolute Gasteiger partial charge is 0.223 e. The van der Waals surface area contributed by atoms with Crippen LogP contribution in [0.1, 0.15) is 32.6 Å². The number of rotatable bonds is 3. The Morgan fingerprint density at radius 2 is 2.17 bits per heavy atom. The maximum atomic E-state index is 11.4. The third kappa shape index (κ3) is 2.48. The Balaban J connectivity index is 2.27. The van der Waals surface area contributed by atoms with E-state index in [9.17, 15) is 4.79 Å². The molecule has 1 aliphatic carbocycles. The number of nitrogens with two attached hydrogens (primary N) is 1. The van der Waals surface area contributed by atoms with Crippen molar-refractivity contribution in [1.29, 1.82) is 0 Å². The molecule has 1 atom stereocenters. The van der Waals surface area contributed by atoms with Gasteiger partial charge in [0, 0.05) is 18.5 Å². The predicted octanol–water partition coefficient (Wildman–Crippen LogP) is 0.640. The molecular weight excluding hydrogens is 152 g/mol. The second-order valence-corrected chi connectivity index (χ2v) is 3.63. The van der Waals surface area contributed by atoms with Crippen molar-refractivity contribution >= 4 is 5.91 Å². The summed E-state index contributed by atoms with van der Waals surface area (Å²) in [5, 5.41) is 2.91. The van der Waals surface area contributed by atoms with Crippen LogP contribution < -0.4 is 11.1 Å². The summed E-state index contributed by atoms with van der Waals surface area (Å²) >= 11 is 0. The van der Waals surface area contributed by atoms with Gasteiger partial charge in [-0.3, -0.25) is 4.79 Å². The largest absolute Gasteiger partial charge is 0.352 e. The van der Waals surface area contributed by atoms with E-state index in [0.29, 0.717) is 6.54 Å². The summed E-state index contributed by atoms with van der Waals surface area (Å²) in [6.07, 6.45) is 4.52. The van der Waals surface area contributed by atoms with Gasteiger partial charge in [-0.2, -0.15) is 0 Å². The number of carbonyl (C=O) groups excluding carboxylic acids is 1. The number of amides is 1. The van der Waals surface area contributed by atoms with Crippen LogP contribution in [-0.2, 0) is 4.79 Å². The molecule has 3 heteroatoms. The van der Waals surface area contributed by atoms with Crippen LogP contribution in [0.15, 0.2) is 0 Å². The summed E-state index contributed by atoms with van der Waals surface area (Å²) in [7, 11) is 0. The number of nitrogens with one attached hydrogen (secondary N) is 1. The van der Waals surface area contributed by atoms with E-state index in [1.165, 1.54) is 12.8 Å². The van der Waals surface area contributed by atoms with E-state index in [1.54, 1.807) is 0 Å². The minimum Gasteiger partial charge on any atom is -0.352 e. The molecule has 3 nitrogen and oxygen atoms in total. The number of hydrogen-bond donors (Lipinski definition) is 2. The molecule has 0 aromatic carbocycles. The van der Waals surface area contributed by atoms with Gasteiger partial charge in [0.05, 0.1) is 0 Å². The fourth-order valence-electron chi connectivity index (χ4n) is 1.61. The van der Waals surface area contributed by atoms with Crippen molar-refractivity contribution in [3.05, 3.63) is 0 Å². The lowest BCUT2D eigenvalue weighted by molar-refractivity contribution is -0.125. The highest BCUT2D eigenvalue weighted by Gasteiger charge is 2.22. The van der Waals surface area contributed by atoms with Crippen molar-refractivity contribution in [3.8, 4) is 0 Å². The van der Waals surface area contributed by atoms with Gasteiger partial charge in [0.1, 0.15) is 0 Å². The van der Waals surface area contributed by atoms with Crippen LogP contribution >= 0.6 is 0 Å². The molecule has 3 N–H and O–H groups in total. The Labute approximate surface area is 73.7 Å². The summed E-state index contributed by atoms with van der Waals surface area (Å²) in [6.45, 7) is 2.46. The molecule has 0 spiro atoms. The molecule has 1 fully saturated rings. The zero-order valence-electron chi connectivity index (χ0n) is 7.68. The standard InChI is InChI=1S/C9H18N2O/c1-7(6-10)11-9(12)8-4-2-3-5-8/h7-8H,2-6,10H2,1H3,(H,11,12)/t7-/m1/s1. The van der Waals surface area contributed by atoms with Crippen molar-refractivity contribution in [2.24, 2.45) is 11.7 Å².